The van der Waals surface area contributed by atoms with Gasteiger partial charge in [0.15, 0.2) is 0 Å². The molecule has 2 heterocycles. The normalized spacial score (nSPS) is 11.1. The van der Waals surface area contributed by atoms with Gasteiger partial charge in [0.25, 0.3) is 0 Å². The molecule has 2 aromatic rings. The Bertz CT molecular complexity index is 489. The van der Waals surface area contributed by atoms with E-state index in [0.717, 1.165) is 44.8 Å². The maximum absolute atomic E-state index is 5.43. The maximum Gasteiger partial charge on any atom is 0.109 e. The molecule has 2 aromatic heterocycles. The van der Waals surface area contributed by atoms with E-state index in [1.807, 2.05) is 12.1 Å². The number of nitrogens with zero attached hydrogens (tertiary/aromatic N) is 1. The van der Waals surface area contributed by atoms with Gasteiger partial charge < -0.3 is 19.0 Å². The second-order valence-electron chi connectivity index (χ2n) is 4.84. The Kier molecular flexibility index (Phi) is 5.89. The summed E-state index contributed by atoms with van der Waals surface area (Å²) in [4.78, 5) is 0. The zero-order chi connectivity index (χ0) is 14.2. The maximum atomic E-state index is 5.43. The van der Waals surface area contributed by atoms with Crippen molar-refractivity contribution in [2.45, 2.75) is 32.9 Å². The first-order valence-corrected chi connectivity index (χ1v) is 7.24. The highest BCUT2D eigenvalue weighted by Crippen LogP contribution is 2.14. The van der Waals surface area contributed by atoms with Gasteiger partial charge in [-0.3, -0.25) is 0 Å². The summed E-state index contributed by atoms with van der Waals surface area (Å²) in [6.45, 7) is 5.86. The summed E-state index contributed by atoms with van der Waals surface area (Å²) in [7, 11) is 1.74. The number of hydrogen-bond acceptors (Lipinski definition) is 3. The third kappa shape index (κ3) is 3.99. The fraction of sp³-hybridized carbons (Fsp3) is 0.500. The van der Waals surface area contributed by atoms with Gasteiger partial charge in [0.2, 0.25) is 0 Å². The molecule has 4 heteroatoms. The van der Waals surface area contributed by atoms with Crippen molar-refractivity contribution in [1.29, 1.82) is 0 Å². The van der Waals surface area contributed by atoms with Gasteiger partial charge in [-0.2, -0.15) is 0 Å². The van der Waals surface area contributed by atoms with E-state index < -0.39 is 0 Å². The lowest BCUT2D eigenvalue weighted by Crippen LogP contribution is -2.19. The third-order valence-corrected chi connectivity index (χ3v) is 3.42. The molecule has 20 heavy (non-hydrogen) atoms. The quantitative estimate of drug-likeness (QED) is 0.716. The number of nitrogens with one attached hydrogen (secondary N) is 1. The molecule has 2 rings (SSSR count). The van der Waals surface area contributed by atoms with Crippen LogP contribution < -0.4 is 5.32 Å². The Labute approximate surface area is 120 Å². The molecule has 0 unspecified atom stereocenters. The van der Waals surface area contributed by atoms with Gasteiger partial charge in [-0.15, -0.1) is 0 Å². The minimum Gasteiger partial charge on any atom is -0.469 e. The van der Waals surface area contributed by atoms with E-state index in [1.165, 1.54) is 11.4 Å². The van der Waals surface area contributed by atoms with E-state index >= 15 is 0 Å². The Hall–Kier alpha value is -1.52. The van der Waals surface area contributed by atoms with Crippen molar-refractivity contribution in [3.8, 4) is 0 Å². The summed E-state index contributed by atoms with van der Waals surface area (Å²) in [5.41, 5.74) is 2.63. The lowest BCUT2D eigenvalue weighted by atomic mass is 10.2. The highest BCUT2D eigenvalue weighted by molar-refractivity contribution is 5.20. The van der Waals surface area contributed by atoms with Crippen LogP contribution in [0, 0.1) is 0 Å². The summed E-state index contributed by atoms with van der Waals surface area (Å²) in [5.74, 6) is 1.01. The van der Waals surface area contributed by atoms with E-state index in [-0.39, 0.29) is 0 Å². The van der Waals surface area contributed by atoms with Crippen LogP contribution in [0.15, 0.2) is 34.9 Å². The average Bonchev–Trinajstić information content (AvgIpc) is 3.09. The third-order valence-electron chi connectivity index (χ3n) is 3.42. The van der Waals surface area contributed by atoms with Gasteiger partial charge in [0.05, 0.1) is 6.26 Å². The molecule has 0 fully saturated rings. The van der Waals surface area contributed by atoms with Crippen LogP contribution in [-0.4, -0.2) is 24.8 Å². The fourth-order valence-electron chi connectivity index (χ4n) is 2.42. The van der Waals surface area contributed by atoms with Crippen LogP contribution in [0.3, 0.4) is 0 Å². The molecular weight excluding hydrogens is 252 g/mol. The van der Waals surface area contributed by atoms with Crippen LogP contribution in [0.4, 0.5) is 0 Å². The lowest BCUT2D eigenvalue weighted by Gasteiger charge is -2.11. The minimum atomic E-state index is 0.811. The molecular formula is C16H24N2O2. The predicted octanol–water partition coefficient (Wildman–Crippen LogP) is 2.82. The fourth-order valence-corrected chi connectivity index (χ4v) is 2.42. The van der Waals surface area contributed by atoms with E-state index in [9.17, 15) is 0 Å². The van der Waals surface area contributed by atoms with Gasteiger partial charge >= 0.3 is 0 Å². The molecule has 0 aliphatic heterocycles. The summed E-state index contributed by atoms with van der Waals surface area (Å²) in [6.07, 6.45) is 3.62. The molecule has 0 radical (unpaired) electrons. The largest absolute Gasteiger partial charge is 0.469 e. The Morgan fingerprint density at radius 2 is 2.10 bits per heavy atom. The Morgan fingerprint density at radius 3 is 2.80 bits per heavy atom. The zero-order valence-corrected chi connectivity index (χ0v) is 12.4. The van der Waals surface area contributed by atoms with Gasteiger partial charge in [-0.25, -0.2) is 0 Å². The molecule has 0 saturated heterocycles. The number of methoxy groups -OCH3 is 1. The van der Waals surface area contributed by atoms with Crippen molar-refractivity contribution in [1.82, 2.24) is 9.88 Å². The molecule has 0 aromatic carbocycles. The highest BCUT2D eigenvalue weighted by atomic mass is 16.5. The van der Waals surface area contributed by atoms with Crippen molar-refractivity contribution >= 4 is 0 Å². The molecule has 0 saturated carbocycles. The standard InChI is InChI=1S/C16H24N2O2/c1-3-18-14(12-16-6-4-11-20-16)7-8-15(18)13-17-9-5-10-19-2/h4,6-8,11,17H,3,5,9-10,12-13H2,1-2H3. The van der Waals surface area contributed by atoms with Crippen molar-refractivity contribution in [3.63, 3.8) is 0 Å². The van der Waals surface area contributed by atoms with Crippen molar-refractivity contribution in [3.05, 3.63) is 47.7 Å². The van der Waals surface area contributed by atoms with Crippen LogP contribution in [0.2, 0.25) is 0 Å². The topological polar surface area (TPSA) is 39.3 Å². The number of aromatic nitrogens is 1. The number of rotatable bonds is 9. The molecule has 0 atom stereocenters. The van der Waals surface area contributed by atoms with Crippen LogP contribution in [0.1, 0.15) is 30.5 Å². The second kappa shape index (κ2) is 7.92. The Morgan fingerprint density at radius 1 is 1.25 bits per heavy atom. The minimum absolute atomic E-state index is 0.811. The molecule has 1 N–H and O–H groups in total. The molecule has 0 bridgehead atoms. The Balaban J connectivity index is 1.91. The monoisotopic (exact) mass is 276 g/mol. The predicted molar refractivity (Wildman–Crippen MR) is 79.8 cm³/mol. The van der Waals surface area contributed by atoms with Crippen molar-refractivity contribution in [2.75, 3.05) is 20.3 Å². The number of furan rings is 1. The van der Waals surface area contributed by atoms with Crippen LogP contribution in [-0.2, 0) is 24.2 Å². The first-order chi connectivity index (χ1) is 9.85. The molecule has 0 aliphatic rings. The second-order valence-corrected chi connectivity index (χ2v) is 4.84. The zero-order valence-electron chi connectivity index (χ0n) is 12.4. The highest BCUT2D eigenvalue weighted by Gasteiger charge is 2.08. The molecule has 0 aliphatic carbocycles. The summed E-state index contributed by atoms with van der Waals surface area (Å²) in [5, 5.41) is 3.46. The van der Waals surface area contributed by atoms with Crippen LogP contribution >= 0.6 is 0 Å². The SMILES string of the molecule is CCn1c(CNCCCOC)ccc1Cc1ccco1. The molecule has 110 valence electrons. The van der Waals surface area contributed by atoms with E-state index in [0.29, 0.717) is 0 Å². The smallest absolute Gasteiger partial charge is 0.109 e. The van der Waals surface area contributed by atoms with Crippen molar-refractivity contribution in [2.24, 2.45) is 0 Å². The van der Waals surface area contributed by atoms with E-state index in [1.54, 1.807) is 13.4 Å². The molecule has 4 nitrogen and oxygen atoms in total. The molecule has 0 amide bonds. The summed E-state index contributed by atoms with van der Waals surface area (Å²) >= 11 is 0. The molecule has 0 spiro atoms. The van der Waals surface area contributed by atoms with Gasteiger partial charge in [-0.05, 0) is 44.2 Å². The number of ether oxygens (including phenoxy) is 1. The first kappa shape index (κ1) is 14.9. The van der Waals surface area contributed by atoms with Gasteiger partial charge in [-0.1, -0.05) is 0 Å². The first-order valence-electron chi connectivity index (χ1n) is 7.24. The van der Waals surface area contributed by atoms with Crippen LogP contribution in [0.5, 0.6) is 0 Å². The van der Waals surface area contributed by atoms with Crippen molar-refractivity contribution < 1.29 is 9.15 Å². The van der Waals surface area contributed by atoms with Crippen LogP contribution in [0.25, 0.3) is 0 Å². The average molecular weight is 276 g/mol. The van der Waals surface area contributed by atoms with E-state index in [2.05, 4.69) is 28.9 Å². The summed E-state index contributed by atoms with van der Waals surface area (Å²) in [6, 6.07) is 8.35. The number of hydrogen-bond donors (Lipinski definition) is 1. The summed E-state index contributed by atoms with van der Waals surface area (Å²) < 4.78 is 12.8. The van der Waals surface area contributed by atoms with Gasteiger partial charge in [0, 0.05) is 44.6 Å². The van der Waals surface area contributed by atoms with Gasteiger partial charge in [0.1, 0.15) is 5.76 Å². The van der Waals surface area contributed by atoms with E-state index in [4.69, 9.17) is 9.15 Å². The lowest BCUT2D eigenvalue weighted by molar-refractivity contribution is 0.194.